The molecule has 1 aliphatic heterocycles. The Balaban J connectivity index is 0.00000320. The van der Waals surface area contributed by atoms with E-state index < -0.39 is 0 Å². The molecule has 1 aliphatic carbocycles. The molecule has 2 fully saturated rings. The number of rotatable bonds is 8. The van der Waals surface area contributed by atoms with E-state index in [1.807, 2.05) is 19.2 Å². The third-order valence-electron chi connectivity index (χ3n) is 5.75. The molecule has 9 heteroatoms. The Hall–Kier alpha value is -1.10. The number of nitrogens with zero attached hydrogens (tertiary/aromatic N) is 3. The summed E-state index contributed by atoms with van der Waals surface area (Å²) in [5.41, 5.74) is 1.47. The zero-order valence-electron chi connectivity index (χ0n) is 17.8. The lowest BCUT2D eigenvalue weighted by molar-refractivity contribution is -0.122. The molecule has 1 saturated carbocycles. The van der Waals surface area contributed by atoms with Crippen LogP contribution in [0.25, 0.3) is 0 Å². The van der Waals surface area contributed by atoms with E-state index in [1.54, 1.807) is 7.11 Å². The molecule has 0 radical (unpaired) electrons. The van der Waals surface area contributed by atoms with Crippen molar-refractivity contribution < 1.29 is 9.53 Å². The summed E-state index contributed by atoms with van der Waals surface area (Å²) in [6.45, 7) is 5.79. The summed E-state index contributed by atoms with van der Waals surface area (Å²) in [6, 6.07) is 8.19. The monoisotopic (exact) mass is 549 g/mol. The first-order chi connectivity index (χ1) is 14.1. The molecule has 0 aromatic heterocycles. The van der Waals surface area contributed by atoms with Crippen molar-refractivity contribution in [1.29, 1.82) is 0 Å². The van der Waals surface area contributed by atoms with Crippen molar-refractivity contribution in [2.45, 2.75) is 18.3 Å². The lowest BCUT2D eigenvalue weighted by atomic mass is 9.96. The van der Waals surface area contributed by atoms with Crippen LogP contribution in [-0.2, 0) is 14.9 Å². The van der Waals surface area contributed by atoms with Gasteiger partial charge in [-0.25, -0.2) is 0 Å². The number of benzene rings is 1. The molecule has 0 atom stereocenters. The molecule has 30 heavy (non-hydrogen) atoms. The average Bonchev–Trinajstić information content (AvgIpc) is 3.51. The second-order valence-electron chi connectivity index (χ2n) is 7.80. The molecule has 2 N–H and O–H groups in total. The van der Waals surface area contributed by atoms with Crippen LogP contribution >= 0.6 is 35.6 Å². The number of hydrogen-bond acceptors (Lipinski definition) is 4. The number of methoxy groups -OCH3 is 1. The number of halogens is 2. The number of guanidine groups is 1. The van der Waals surface area contributed by atoms with Crippen LogP contribution in [0, 0.1) is 0 Å². The van der Waals surface area contributed by atoms with Crippen LogP contribution in [-0.4, -0.2) is 88.2 Å². The van der Waals surface area contributed by atoms with E-state index in [-0.39, 0.29) is 35.3 Å². The molecule has 0 unspecified atom stereocenters. The van der Waals surface area contributed by atoms with Gasteiger partial charge < -0.3 is 20.3 Å². The van der Waals surface area contributed by atoms with Crippen LogP contribution in [0.3, 0.4) is 0 Å². The molecule has 1 heterocycles. The largest absolute Gasteiger partial charge is 0.383 e. The maximum Gasteiger partial charge on any atom is 0.234 e. The van der Waals surface area contributed by atoms with E-state index in [0.29, 0.717) is 19.7 Å². The number of carbonyl (C=O) groups excluding carboxylic acids is 1. The minimum atomic E-state index is 0. The van der Waals surface area contributed by atoms with Gasteiger partial charge in [0.1, 0.15) is 0 Å². The lowest BCUT2D eigenvalue weighted by Gasteiger charge is -2.36. The SMILES string of the molecule is CN=C(NCC1(c2cccc(Cl)c2)CC1)N1CCN(CC(=O)NCCOC)CC1.I. The summed E-state index contributed by atoms with van der Waals surface area (Å²) in [6.07, 6.45) is 2.34. The Morgan fingerprint density at radius 3 is 2.57 bits per heavy atom. The van der Waals surface area contributed by atoms with Gasteiger partial charge in [0, 0.05) is 63.9 Å². The van der Waals surface area contributed by atoms with Crippen molar-refractivity contribution in [2.75, 3.05) is 66.6 Å². The van der Waals surface area contributed by atoms with Crippen LogP contribution in [0.1, 0.15) is 18.4 Å². The van der Waals surface area contributed by atoms with Crippen molar-refractivity contribution >= 4 is 47.4 Å². The Kier molecular flexibility index (Phi) is 10.1. The molecule has 7 nitrogen and oxygen atoms in total. The fourth-order valence-corrected chi connectivity index (χ4v) is 3.98. The predicted molar refractivity (Wildman–Crippen MR) is 132 cm³/mol. The molecule has 3 rings (SSSR count). The molecular formula is C21H33ClIN5O2. The van der Waals surface area contributed by atoms with E-state index in [0.717, 1.165) is 43.7 Å². The van der Waals surface area contributed by atoms with Gasteiger partial charge in [0.05, 0.1) is 13.2 Å². The quantitative estimate of drug-likeness (QED) is 0.225. The van der Waals surface area contributed by atoms with Gasteiger partial charge in [0.25, 0.3) is 0 Å². The van der Waals surface area contributed by atoms with Crippen molar-refractivity contribution in [2.24, 2.45) is 4.99 Å². The first-order valence-corrected chi connectivity index (χ1v) is 10.6. The fourth-order valence-electron chi connectivity index (χ4n) is 3.79. The van der Waals surface area contributed by atoms with Gasteiger partial charge >= 0.3 is 0 Å². The lowest BCUT2D eigenvalue weighted by Crippen LogP contribution is -2.54. The van der Waals surface area contributed by atoms with Gasteiger partial charge in [-0.05, 0) is 30.5 Å². The molecule has 0 spiro atoms. The number of hydrogen-bond donors (Lipinski definition) is 2. The highest BCUT2D eigenvalue weighted by Gasteiger charge is 2.44. The van der Waals surface area contributed by atoms with E-state index in [4.69, 9.17) is 16.3 Å². The molecule has 168 valence electrons. The molecule has 0 bridgehead atoms. The fraction of sp³-hybridized carbons (Fsp3) is 0.619. The van der Waals surface area contributed by atoms with E-state index >= 15 is 0 Å². The van der Waals surface area contributed by atoms with Gasteiger partial charge in [-0.1, -0.05) is 23.7 Å². The molecule has 1 saturated heterocycles. The number of aliphatic imine (C=N–C) groups is 1. The Labute approximate surface area is 201 Å². The summed E-state index contributed by atoms with van der Waals surface area (Å²) >= 11 is 6.18. The summed E-state index contributed by atoms with van der Waals surface area (Å²) < 4.78 is 4.96. The summed E-state index contributed by atoms with van der Waals surface area (Å²) in [5.74, 6) is 0.984. The van der Waals surface area contributed by atoms with Crippen molar-refractivity contribution in [3.05, 3.63) is 34.9 Å². The van der Waals surface area contributed by atoms with Gasteiger partial charge in [-0.3, -0.25) is 14.7 Å². The third-order valence-corrected chi connectivity index (χ3v) is 5.99. The van der Waals surface area contributed by atoms with Crippen molar-refractivity contribution in [3.63, 3.8) is 0 Å². The highest BCUT2D eigenvalue weighted by atomic mass is 127. The van der Waals surface area contributed by atoms with Gasteiger partial charge in [-0.15, -0.1) is 24.0 Å². The minimum Gasteiger partial charge on any atom is -0.383 e. The zero-order chi connectivity index (χ0) is 20.7. The molecule has 1 amide bonds. The van der Waals surface area contributed by atoms with E-state index in [1.165, 1.54) is 18.4 Å². The van der Waals surface area contributed by atoms with E-state index in [9.17, 15) is 4.79 Å². The van der Waals surface area contributed by atoms with E-state index in [2.05, 4.69) is 37.6 Å². The second-order valence-corrected chi connectivity index (χ2v) is 8.23. The Bertz CT molecular complexity index is 721. The Morgan fingerprint density at radius 1 is 1.23 bits per heavy atom. The van der Waals surface area contributed by atoms with Crippen LogP contribution in [0.5, 0.6) is 0 Å². The number of carbonyl (C=O) groups is 1. The number of ether oxygens (including phenoxy) is 1. The standard InChI is InChI=1S/C21H32ClN5O2.HI/c1-23-20(25-16-21(6-7-21)17-4-3-5-18(22)14-17)27-11-9-26(10-12-27)15-19(28)24-8-13-29-2;/h3-5,14H,6-13,15-16H2,1-2H3,(H,23,25)(H,24,28);1H. The summed E-state index contributed by atoms with van der Waals surface area (Å²) in [7, 11) is 3.46. The van der Waals surface area contributed by atoms with Crippen LogP contribution in [0.4, 0.5) is 0 Å². The molecule has 1 aromatic rings. The van der Waals surface area contributed by atoms with Crippen molar-refractivity contribution in [1.82, 2.24) is 20.4 Å². The predicted octanol–water partition coefficient (Wildman–Crippen LogP) is 1.95. The van der Waals surface area contributed by atoms with Crippen LogP contribution < -0.4 is 10.6 Å². The summed E-state index contributed by atoms with van der Waals surface area (Å²) in [4.78, 5) is 20.9. The average molecular weight is 550 g/mol. The second kappa shape index (κ2) is 12.1. The minimum absolute atomic E-state index is 0. The van der Waals surface area contributed by atoms with Crippen LogP contribution in [0.15, 0.2) is 29.3 Å². The number of amides is 1. The topological polar surface area (TPSA) is 69.2 Å². The maximum absolute atomic E-state index is 12.0. The zero-order valence-corrected chi connectivity index (χ0v) is 20.9. The number of piperazine rings is 1. The normalized spacial score (nSPS) is 18.5. The number of nitrogens with one attached hydrogen (secondary N) is 2. The molecule has 1 aromatic carbocycles. The Morgan fingerprint density at radius 2 is 1.97 bits per heavy atom. The summed E-state index contributed by atoms with van der Waals surface area (Å²) in [5, 5.41) is 7.24. The van der Waals surface area contributed by atoms with Crippen molar-refractivity contribution in [3.8, 4) is 0 Å². The van der Waals surface area contributed by atoms with Gasteiger partial charge in [0.15, 0.2) is 5.96 Å². The highest BCUT2D eigenvalue weighted by molar-refractivity contribution is 14.0. The first-order valence-electron chi connectivity index (χ1n) is 10.3. The highest BCUT2D eigenvalue weighted by Crippen LogP contribution is 2.48. The smallest absolute Gasteiger partial charge is 0.234 e. The first kappa shape index (κ1) is 25.2. The van der Waals surface area contributed by atoms with Crippen LogP contribution in [0.2, 0.25) is 5.02 Å². The molecule has 2 aliphatic rings. The third kappa shape index (κ3) is 6.96. The molecular weight excluding hydrogens is 517 g/mol. The van der Waals surface area contributed by atoms with Gasteiger partial charge in [-0.2, -0.15) is 0 Å². The van der Waals surface area contributed by atoms with Gasteiger partial charge in [0.2, 0.25) is 5.91 Å². The maximum atomic E-state index is 12.0.